The zero-order valence-electron chi connectivity index (χ0n) is 10.7. The summed E-state index contributed by atoms with van der Waals surface area (Å²) in [6.07, 6.45) is 3.34. The number of hydrogen-bond acceptors (Lipinski definition) is 3. The number of nitrogens with zero attached hydrogens (tertiary/aromatic N) is 1. The average molecular weight is 269 g/mol. The lowest BCUT2D eigenvalue weighted by Gasteiger charge is -2.28. The van der Waals surface area contributed by atoms with Crippen molar-refractivity contribution in [3.63, 3.8) is 0 Å². The molecule has 7 nitrogen and oxygen atoms in total. The molecule has 2 unspecified atom stereocenters. The second-order valence-corrected chi connectivity index (χ2v) is 5.05. The van der Waals surface area contributed by atoms with Gasteiger partial charge in [-0.05, 0) is 12.8 Å². The van der Waals surface area contributed by atoms with Crippen LogP contribution in [0, 0.1) is 0 Å². The van der Waals surface area contributed by atoms with Crippen molar-refractivity contribution in [3.05, 3.63) is 0 Å². The van der Waals surface area contributed by atoms with Crippen LogP contribution in [0.2, 0.25) is 0 Å². The summed E-state index contributed by atoms with van der Waals surface area (Å²) in [5, 5.41) is 14.6. The fourth-order valence-corrected chi connectivity index (χ4v) is 2.57. The van der Waals surface area contributed by atoms with Crippen LogP contribution in [0.5, 0.6) is 0 Å². The number of amides is 3. The molecule has 0 aromatic heterocycles. The van der Waals surface area contributed by atoms with Gasteiger partial charge in [-0.1, -0.05) is 12.8 Å². The van der Waals surface area contributed by atoms with Gasteiger partial charge in [0.25, 0.3) is 0 Å². The molecule has 0 bridgehead atoms. The zero-order valence-corrected chi connectivity index (χ0v) is 10.7. The maximum Gasteiger partial charge on any atom is 0.326 e. The van der Waals surface area contributed by atoms with E-state index in [-0.39, 0.29) is 24.4 Å². The summed E-state index contributed by atoms with van der Waals surface area (Å²) in [5.41, 5.74) is 0. The van der Waals surface area contributed by atoms with Gasteiger partial charge in [0, 0.05) is 19.5 Å². The fraction of sp³-hybridized carbons (Fsp3) is 0.750. The Bertz CT molecular complexity index is 385. The van der Waals surface area contributed by atoms with Gasteiger partial charge >= 0.3 is 12.0 Å². The molecule has 3 N–H and O–H groups in total. The number of carbonyl (C=O) groups is 3. The van der Waals surface area contributed by atoms with E-state index < -0.39 is 12.0 Å². The third kappa shape index (κ3) is 3.36. The molecule has 3 amide bonds. The standard InChI is InChI=1S/C12H19N3O4/c16-10-6-8(7-13-10)14-12(19)15-5-3-1-2-4-9(15)11(17)18/h8-9H,1-7H2,(H,13,16)(H,14,19)(H,17,18). The molecule has 0 aromatic carbocycles. The molecule has 0 aromatic rings. The topological polar surface area (TPSA) is 98.7 Å². The van der Waals surface area contributed by atoms with Crippen molar-refractivity contribution in [2.75, 3.05) is 13.1 Å². The molecular formula is C12H19N3O4. The first-order valence-electron chi connectivity index (χ1n) is 6.64. The maximum absolute atomic E-state index is 12.1. The van der Waals surface area contributed by atoms with Crippen LogP contribution in [-0.4, -0.2) is 53.1 Å². The lowest BCUT2D eigenvalue weighted by atomic mass is 10.1. The van der Waals surface area contributed by atoms with Gasteiger partial charge in [-0.2, -0.15) is 0 Å². The van der Waals surface area contributed by atoms with E-state index in [1.54, 1.807) is 0 Å². The first-order chi connectivity index (χ1) is 9.08. The van der Waals surface area contributed by atoms with Crippen molar-refractivity contribution in [1.82, 2.24) is 15.5 Å². The van der Waals surface area contributed by atoms with Gasteiger partial charge in [0.05, 0.1) is 6.04 Å². The zero-order chi connectivity index (χ0) is 13.8. The van der Waals surface area contributed by atoms with E-state index in [0.29, 0.717) is 19.5 Å². The molecular weight excluding hydrogens is 250 g/mol. The molecule has 2 rings (SSSR count). The molecule has 2 aliphatic rings. The molecule has 2 saturated heterocycles. The Kier molecular flexibility index (Phi) is 4.24. The van der Waals surface area contributed by atoms with Crippen molar-refractivity contribution in [2.24, 2.45) is 0 Å². The quantitative estimate of drug-likeness (QED) is 0.652. The van der Waals surface area contributed by atoms with E-state index >= 15 is 0 Å². The van der Waals surface area contributed by atoms with Crippen LogP contribution in [0.25, 0.3) is 0 Å². The molecule has 0 saturated carbocycles. The Hall–Kier alpha value is -1.79. The highest BCUT2D eigenvalue weighted by Gasteiger charge is 2.32. The number of urea groups is 1. The minimum atomic E-state index is -0.960. The van der Waals surface area contributed by atoms with Crippen LogP contribution in [0.1, 0.15) is 32.1 Å². The van der Waals surface area contributed by atoms with Crippen molar-refractivity contribution in [1.29, 1.82) is 0 Å². The largest absolute Gasteiger partial charge is 0.480 e. The second-order valence-electron chi connectivity index (χ2n) is 5.05. The van der Waals surface area contributed by atoms with E-state index in [2.05, 4.69) is 10.6 Å². The molecule has 0 aliphatic carbocycles. The van der Waals surface area contributed by atoms with Gasteiger partial charge in [-0.15, -0.1) is 0 Å². The first-order valence-corrected chi connectivity index (χ1v) is 6.64. The number of carboxylic acids is 1. The minimum Gasteiger partial charge on any atom is -0.480 e. The predicted octanol–water partition coefficient (Wildman–Crippen LogP) is -0.0863. The Morgan fingerprint density at radius 3 is 2.74 bits per heavy atom. The van der Waals surface area contributed by atoms with Crippen molar-refractivity contribution in [3.8, 4) is 0 Å². The van der Waals surface area contributed by atoms with Gasteiger partial charge in [-0.25, -0.2) is 9.59 Å². The smallest absolute Gasteiger partial charge is 0.326 e. The Labute approximate surface area is 111 Å². The summed E-state index contributed by atoms with van der Waals surface area (Å²) >= 11 is 0. The minimum absolute atomic E-state index is 0.0871. The molecule has 19 heavy (non-hydrogen) atoms. The summed E-state index contributed by atoms with van der Waals surface area (Å²) in [4.78, 5) is 35.8. The van der Waals surface area contributed by atoms with E-state index in [9.17, 15) is 19.5 Å². The Morgan fingerprint density at radius 1 is 1.32 bits per heavy atom. The Balaban J connectivity index is 1.98. The molecule has 2 aliphatic heterocycles. The van der Waals surface area contributed by atoms with Crippen LogP contribution in [0.3, 0.4) is 0 Å². The van der Waals surface area contributed by atoms with E-state index in [1.165, 1.54) is 4.90 Å². The summed E-state index contributed by atoms with van der Waals surface area (Å²) in [5.74, 6) is -1.05. The Morgan fingerprint density at radius 2 is 2.11 bits per heavy atom. The third-order valence-electron chi connectivity index (χ3n) is 3.60. The van der Waals surface area contributed by atoms with Crippen LogP contribution in [-0.2, 0) is 9.59 Å². The number of hydrogen-bond donors (Lipinski definition) is 3. The summed E-state index contributed by atoms with van der Waals surface area (Å²) in [6, 6.07) is -1.37. The number of rotatable bonds is 2. The van der Waals surface area contributed by atoms with Gasteiger partial charge in [0.15, 0.2) is 0 Å². The van der Waals surface area contributed by atoms with Gasteiger partial charge in [-0.3, -0.25) is 4.79 Å². The molecule has 0 radical (unpaired) electrons. The molecule has 2 heterocycles. The number of carbonyl (C=O) groups excluding carboxylic acids is 2. The van der Waals surface area contributed by atoms with E-state index in [4.69, 9.17) is 0 Å². The van der Waals surface area contributed by atoms with Crippen molar-refractivity contribution < 1.29 is 19.5 Å². The molecule has 0 spiro atoms. The molecule has 7 heteroatoms. The average Bonchev–Trinajstić information content (AvgIpc) is 2.65. The van der Waals surface area contributed by atoms with Crippen molar-refractivity contribution >= 4 is 17.9 Å². The maximum atomic E-state index is 12.1. The van der Waals surface area contributed by atoms with Gasteiger partial charge in [0.2, 0.25) is 5.91 Å². The van der Waals surface area contributed by atoms with Crippen LogP contribution in [0.15, 0.2) is 0 Å². The summed E-state index contributed by atoms with van der Waals surface area (Å²) in [6.45, 7) is 0.868. The predicted molar refractivity (Wildman–Crippen MR) is 66.5 cm³/mol. The van der Waals surface area contributed by atoms with Crippen LogP contribution in [0.4, 0.5) is 4.79 Å². The second kappa shape index (κ2) is 5.90. The highest BCUT2D eigenvalue weighted by atomic mass is 16.4. The van der Waals surface area contributed by atoms with E-state index in [1.807, 2.05) is 0 Å². The van der Waals surface area contributed by atoms with Gasteiger partial charge in [0.1, 0.15) is 6.04 Å². The van der Waals surface area contributed by atoms with Crippen LogP contribution >= 0.6 is 0 Å². The van der Waals surface area contributed by atoms with Crippen LogP contribution < -0.4 is 10.6 Å². The fourth-order valence-electron chi connectivity index (χ4n) is 2.57. The molecule has 106 valence electrons. The normalized spacial score (nSPS) is 27.6. The highest BCUT2D eigenvalue weighted by Crippen LogP contribution is 2.17. The highest BCUT2D eigenvalue weighted by molar-refractivity contribution is 5.84. The number of aliphatic carboxylic acids is 1. The SMILES string of the molecule is O=C1CC(NC(=O)N2CCCCCC2C(=O)O)CN1. The number of carboxylic acid groups (broad SMARTS) is 1. The summed E-state index contributed by atoms with van der Waals surface area (Å²) in [7, 11) is 0. The number of likely N-dealkylation sites (tertiary alicyclic amines) is 1. The summed E-state index contributed by atoms with van der Waals surface area (Å²) < 4.78 is 0. The van der Waals surface area contributed by atoms with E-state index in [0.717, 1.165) is 19.3 Å². The first kappa shape index (κ1) is 13.6. The lowest BCUT2D eigenvalue weighted by Crippen LogP contribution is -2.52. The monoisotopic (exact) mass is 269 g/mol. The molecule has 2 fully saturated rings. The third-order valence-corrected chi connectivity index (χ3v) is 3.60. The molecule has 2 atom stereocenters. The number of nitrogens with one attached hydrogen (secondary N) is 2. The van der Waals surface area contributed by atoms with Crippen molar-refractivity contribution in [2.45, 2.75) is 44.2 Å². The van der Waals surface area contributed by atoms with Gasteiger partial charge < -0.3 is 20.6 Å². The lowest BCUT2D eigenvalue weighted by molar-refractivity contribution is -0.142.